The molecule has 1 saturated carbocycles. The number of aromatic nitrogens is 2. The van der Waals surface area contributed by atoms with Crippen molar-refractivity contribution in [3.63, 3.8) is 0 Å². The molecule has 1 aromatic carbocycles. The molecule has 2 aromatic rings. The van der Waals surface area contributed by atoms with E-state index in [1.165, 1.54) is 17.5 Å². The number of hydrogen-bond donors (Lipinski definition) is 1. The van der Waals surface area contributed by atoms with Crippen LogP contribution < -0.4 is 5.73 Å². The molecule has 0 bridgehead atoms. The lowest BCUT2D eigenvalue weighted by Crippen LogP contribution is -2.25. The summed E-state index contributed by atoms with van der Waals surface area (Å²) >= 11 is 0. The van der Waals surface area contributed by atoms with Crippen LogP contribution in [0, 0.1) is 5.92 Å². The second-order valence-corrected chi connectivity index (χ2v) is 5.49. The van der Waals surface area contributed by atoms with Crippen LogP contribution in [0.4, 0.5) is 0 Å². The lowest BCUT2D eigenvalue weighted by Gasteiger charge is -2.10. The van der Waals surface area contributed by atoms with Crippen molar-refractivity contribution in [2.75, 3.05) is 0 Å². The number of nitrogens with zero attached hydrogens (tertiary/aromatic N) is 2. The van der Waals surface area contributed by atoms with Crippen LogP contribution in [0.3, 0.4) is 0 Å². The molecule has 100 valence electrons. The lowest BCUT2D eigenvalue weighted by molar-refractivity contribution is 0.577. The number of rotatable bonds is 5. The van der Waals surface area contributed by atoms with Crippen LogP contribution in [0.1, 0.15) is 30.4 Å². The predicted molar refractivity (Wildman–Crippen MR) is 76.9 cm³/mol. The third-order valence-electron chi connectivity index (χ3n) is 4.10. The summed E-state index contributed by atoms with van der Waals surface area (Å²) in [4.78, 5) is 0. The van der Waals surface area contributed by atoms with E-state index in [2.05, 4.69) is 48.6 Å². The molecular weight excluding hydrogens is 234 g/mol. The highest BCUT2D eigenvalue weighted by Gasteiger charge is 2.42. The van der Waals surface area contributed by atoms with Gasteiger partial charge in [-0.25, -0.2) is 0 Å². The second-order valence-electron chi connectivity index (χ2n) is 5.49. The molecule has 1 aliphatic carbocycles. The van der Waals surface area contributed by atoms with Gasteiger partial charge in [0.15, 0.2) is 0 Å². The van der Waals surface area contributed by atoms with Gasteiger partial charge in [-0.15, -0.1) is 0 Å². The second kappa shape index (κ2) is 5.17. The number of aryl methyl sites for hydroxylation is 1. The monoisotopic (exact) mass is 255 g/mol. The number of hydrogen-bond acceptors (Lipinski definition) is 2. The fourth-order valence-electron chi connectivity index (χ4n) is 2.88. The molecule has 0 saturated heterocycles. The van der Waals surface area contributed by atoms with Crippen LogP contribution in [0.15, 0.2) is 42.7 Å². The van der Waals surface area contributed by atoms with Gasteiger partial charge in [-0.05, 0) is 42.7 Å². The first-order valence-corrected chi connectivity index (χ1v) is 7.09. The smallest absolute Gasteiger partial charge is 0.0522 e. The largest absolute Gasteiger partial charge is 0.327 e. The average Bonchev–Trinajstić information content (AvgIpc) is 3.13. The third kappa shape index (κ3) is 2.71. The quantitative estimate of drug-likeness (QED) is 0.892. The van der Waals surface area contributed by atoms with Gasteiger partial charge in [-0.3, -0.25) is 4.68 Å². The van der Waals surface area contributed by atoms with Gasteiger partial charge in [0.2, 0.25) is 0 Å². The summed E-state index contributed by atoms with van der Waals surface area (Å²) < 4.78 is 1.96. The van der Waals surface area contributed by atoms with Crippen LogP contribution in [0.5, 0.6) is 0 Å². The molecule has 3 heteroatoms. The summed E-state index contributed by atoms with van der Waals surface area (Å²) in [5.74, 6) is 1.30. The lowest BCUT2D eigenvalue weighted by atomic mass is 10.0. The topological polar surface area (TPSA) is 43.8 Å². The number of nitrogens with two attached hydrogens (primary N) is 1. The van der Waals surface area contributed by atoms with E-state index in [-0.39, 0.29) is 6.04 Å². The minimum atomic E-state index is 0.250. The molecule has 0 amide bonds. The van der Waals surface area contributed by atoms with Crippen molar-refractivity contribution >= 4 is 0 Å². The van der Waals surface area contributed by atoms with Gasteiger partial charge in [0.05, 0.1) is 6.20 Å². The van der Waals surface area contributed by atoms with E-state index in [0.29, 0.717) is 11.8 Å². The van der Waals surface area contributed by atoms with Crippen molar-refractivity contribution in [1.82, 2.24) is 9.78 Å². The molecule has 1 aliphatic rings. The fraction of sp³-hybridized carbons (Fsp3) is 0.438. The molecule has 3 nitrogen and oxygen atoms in total. The van der Waals surface area contributed by atoms with Gasteiger partial charge in [-0.2, -0.15) is 5.10 Å². The van der Waals surface area contributed by atoms with Gasteiger partial charge >= 0.3 is 0 Å². The Morgan fingerprint density at radius 3 is 2.84 bits per heavy atom. The van der Waals surface area contributed by atoms with E-state index < -0.39 is 0 Å². The van der Waals surface area contributed by atoms with E-state index in [4.69, 9.17) is 5.73 Å². The molecule has 0 spiro atoms. The first-order chi connectivity index (χ1) is 9.28. The van der Waals surface area contributed by atoms with Gasteiger partial charge in [0, 0.05) is 18.8 Å². The fourth-order valence-corrected chi connectivity index (χ4v) is 2.88. The zero-order chi connectivity index (χ0) is 13.2. The first-order valence-electron chi connectivity index (χ1n) is 7.09. The zero-order valence-corrected chi connectivity index (χ0v) is 11.4. The Kier molecular flexibility index (Phi) is 3.38. The molecular formula is C16H21N3. The Hall–Kier alpha value is -1.61. The molecule has 19 heavy (non-hydrogen) atoms. The summed E-state index contributed by atoms with van der Waals surface area (Å²) in [6, 6.07) is 11.0. The van der Waals surface area contributed by atoms with Crippen molar-refractivity contribution in [3.8, 4) is 0 Å². The molecule has 0 aliphatic heterocycles. The minimum Gasteiger partial charge on any atom is -0.327 e. The highest BCUT2D eigenvalue weighted by molar-refractivity contribution is 5.27. The highest BCUT2D eigenvalue weighted by atomic mass is 15.3. The molecule has 3 rings (SSSR count). The molecule has 2 N–H and O–H groups in total. The summed E-state index contributed by atoms with van der Waals surface area (Å²) in [5.41, 5.74) is 9.05. The molecule has 3 unspecified atom stereocenters. The Morgan fingerprint density at radius 2 is 2.16 bits per heavy atom. The average molecular weight is 255 g/mol. The van der Waals surface area contributed by atoms with Crippen LogP contribution in [-0.2, 0) is 13.0 Å². The van der Waals surface area contributed by atoms with E-state index in [0.717, 1.165) is 13.0 Å². The minimum absolute atomic E-state index is 0.250. The van der Waals surface area contributed by atoms with Crippen molar-refractivity contribution < 1.29 is 0 Å². The van der Waals surface area contributed by atoms with E-state index >= 15 is 0 Å². The van der Waals surface area contributed by atoms with Crippen molar-refractivity contribution in [3.05, 3.63) is 53.9 Å². The maximum absolute atomic E-state index is 6.35. The standard InChI is InChI=1S/C16H21N3/c1-2-19-11-12(10-18-19)8-16(17)15-9-14(15)13-6-4-3-5-7-13/h3-7,10-11,14-16H,2,8-9,17H2,1H3. The van der Waals surface area contributed by atoms with Crippen LogP contribution in [0.25, 0.3) is 0 Å². The highest BCUT2D eigenvalue weighted by Crippen LogP contribution is 2.49. The van der Waals surface area contributed by atoms with Gasteiger partial charge in [0.1, 0.15) is 0 Å². The van der Waals surface area contributed by atoms with Gasteiger partial charge < -0.3 is 5.73 Å². The SMILES string of the molecule is CCn1cc(CC(N)C2CC2c2ccccc2)cn1. The third-order valence-corrected chi connectivity index (χ3v) is 4.10. The van der Waals surface area contributed by atoms with Gasteiger partial charge in [-0.1, -0.05) is 30.3 Å². The summed E-state index contributed by atoms with van der Waals surface area (Å²) in [6.45, 7) is 3.02. The van der Waals surface area contributed by atoms with Gasteiger partial charge in [0.25, 0.3) is 0 Å². The number of benzene rings is 1. The maximum atomic E-state index is 6.35. The van der Waals surface area contributed by atoms with Crippen molar-refractivity contribution in [1.29, 1.82) is 0 Å². The Morgan fingerprint density at radius 1 is 1.37 bits per heavy atom. The normalized spacial score (nSPS) is 23.3. The molecule has 1 aromatic heterocycles. The van der Waals surface area contributed by atoms with Crippen LogP contribution >= 0.6 is 0 Å². The summed E-state index contributed by atoms with van der Waals surface area (Å²) in [6.07, 6.45) is 6.23. The van der Waals surface area contributed by atoms with Crippen molar-refractivity contribution in [2.24, 2.45) is 11.7 Å². The Bertz CT molecular complexity index is 532. The summed E-state index contributed by atoms with van der Waals surface area (Å²) in [7, 11) is 0. The van der Waals surface area contributed by atoms with E-state index in [9.17, 15) is 0 Å². The van der Waals surface area contributed by atoms with E-state index in [1.54, 1.807) is 0 Å². The van der Waals surface area contributed by atoms with Crippen LogP contribution in [-0.4, -0.2) is 15.8 Å². The summed E-state index contributed by atoms with van der Waals surface area (Å²) in [5, 5.41) is 4.31. The zero-order valence-electron chi connectivity index (χ0n) is 11.4. The molecule has 0 radical (unpaired) electrons. The Labute approximate surface area is 114 Å². The maximum Gasteiger partial charge on any atom is 0.0522 e. The predicted octanol–water partition coefficient (Wildman–Crippen LogP) is 2.58. The Balaban J connectivity index is 1.59. The molecule has 3 atom stereocenters. The molecule has 1 fully saturated rings. The van der Waals surface area contributed by atoms with Crippen LogP contribution in [0.2, 0.25) is 0 Å². The van der Waals surface area contributed by atoms with E-state index in [1.807, 2.05) is 10.9 Å². The molecule has 1 heterocycles. The first kappa shape index (κ1) is 12.4. The van der Waals surface area contributed by atoms with Crippen molar-refractivity contribution in [2.45, 2.75) is 38.3 Å².